The van der Waals surface area contributed by atoms with Gasteiger partial charge in [0.25, 0.3) is 0 Å². The molecule has 0 saturated carbocycles. The predicted molar refractivity (Wildman–Crippen MR) is 78.6 cm³/mol. The van der Waals surface area contributed by atoms with E-state index in [9.17, 15) is 4.79 Å². The summed E-state index contributed by atoms with van der Waals surface area (Å²) in [5, 5.41) is 3.21. The number of rotatable bonds is 5. The molecule has 0 aliphatic carbocycles. The molecule has 2 rings (SSSR count). The maximum atomic E-state index is 11.5. The molecule has 0 aliphatic heterocycles. The maximum absolute atomic E-state index is 11.5. The quantitative estimate of drug-likeness (QED) is 0.643. The molecule has 1 heterocycles. The van der Waals surface area contributed by atoms with Crippen molar-refractivity contribution in [2.24, 2.45) is 0 Å². The van der Waals surface area contributed by atoms with Crippen molar-refractivity contribution in [3.8, 4) is 0 Å². The number of carbonyl (C=O) groups excluding carboxylic acids is 1. The van der Waals surface area contributed by atoms with Gasteiger partial charge in [-0.05, 0) is 30.3 Å². The number of esters is 1. The van der Waals surface area contributed by atoms with Gasteiger partial charge in [-0.2, -0.15) is 0 Å². The smallest absolute Gasteiger partial charge is 0.337 e. The third kappa shape index (κ3) is 3.47. The highest BCUT2D eigenvalue weighted by Crippen LogP contribution is 2.20. The van der Waals surface area contributed by atoms with E-state index in [0.29, 0.717) is 17.8 Å². The van der Waals surface area contributed by atoms with Crippen molar-refractivity contribution >= 4 is 17.3 Å². The number of ether oxygens (including phenoxy) is 1. The van der Waals surface area contributed by atoms with Gasteiger partial charge in [0, 0.05) is 24.9 Å². The maximum Gasteiger partial charge on any atom is 0.337 e. The highest BCUT2D eigenvalue weighted by molar-refractivity contribution is 5.91. The molecule has 5 nitrogen and oxygen atoms in total. The zero-order chi connectivity index (χ0) is 14.4. The third-order valence-corrected chi connectivity index (χ3v) is 2.90. The highest BCUT2D eigenvalue weighted by Gasteiger charge is 2.08. The van der Waals surface area contributed by atoms with Gasteiger partial charge in [0.1, 0.15) is 0 Å². The first-order valence-electron chi connectivity index (χ1n) is 6.32. The molecule has 0 bridgehead atoms. The molecule has 1 aromatic heterocycles. The van der Waals surface area contributed by atoms with E-state index in [1.165, 1.54) is 7.11 Å². The molecule has 20 heavy (non-hydrogen) atoms. The minimum atomic E-state index is -0.377. The Morgan fingerprint density at radius 1 is 1.35 bits per heavy atom. The van der Waals surface area contributed by atoms with E-state index in [2.05, 4.69) is 15.0 Å². The minimum absolute atomic E-state index is 0.377. The minimum Gasteiger partial charge on any atom is -0.465 e. The predicted octanol–water partition coefficient (Wildman–Crippen LogP) is 2.10. The first kappa shape index (κ1) is 13.9. The number of carbonyl (C=O) groups is 1. The monoisotopic (exact) mass is 271 g/mol. The number of pyridine rings is 1. The molecule has 0 radical (unpaired) electrons. The fourth-order valence-corrected chi connectivity index (χ4v) is 1.83. The molecule has 3 N–H and O–H groups in total. The molecule has 0 amide bonds. The summed E-state index contributed by atoms with van der Waals surface area (Å²) >= 11 is 0. The first-order valence-corrected chi connectivity index (χ1v) is 6.32. The Morgan fingerprint density at radius 2 is 2.20 bits per heavy atom. The van der Waals surface area contributed by atoms with Crippen LogP contribution in [-0.2, 0) is 11.2 Å². The van der Waals surface area contributed by atoms with Gasteiger partial charge in [0.2, 0.25) is 0 Å². The van der Waals surface area contributed by atoms with E-state index in [4.69, 9.17) is 5.73 Å². The van der Waals surface area contributed by atoms with Crippen molar-refractivity contribution in [2.75, 3.05) is 24.7 Å². The second-order valence-corrected chi connectivity index (χ2v) is 4.29. The lowest BCUT2D eigenvalue weighted by molar-refractivity contribution is 0.0601. The van der Waals surface area contributed by atoms with Crippen LogP contribution < -0.4 is 11.1 Å². The summed E-state index contributed by atoms with van der Waals surface area (Å²) < 4.78 is 4.69. The summed E-state index contributed by atoms with van der Waals surface area (Å²) in [7, 11) is 1.35. The van der Waals surface area contributed by atoms with Crippen molar-refractivity contribution < 1.29 is 9.53 Å². The summed E-state index contributed by atoms with van der Waals surface area (Å²) in [6.45, 7) is 0.686. The Morgan fingerprint density at radius 3 is 2.90 bits per heavy atom. The summed E-state index contributed by atoms with van der Waals surface area (Å²) in [6.07, 6.45) is 2.55. The Bertz CT molecular complexity index is 585. The molecular formula is C15H17N3O2. The van der Waals surface area contributed by atoms with E-state index >= 15 is 0 Å². The zero-order valence-electron chi connectivity index (χ0n) is 11.3. The van der Waals surface area contributed by atoms with Crippen LogP contribution in [0.25, 0.3) is 0 Å². The molecule has 1 aromatic carbocycles. The molecule has 0 saturated heterocycles. The largest absolute Gasteiger partial charge is 0.465 e. The van der Waals surface area contributed by atoms with Gasteiger partial charge in [-0.15, -0.1) is 0 Å². The van der Waals surface area contributed by atoms with Crippen molar-refractivity contribution in [1.82, 2.24) is 4.98 Å². The summed E-state index contributed by atoms with van der Waals surface area (Å²) in [4.78, 5) is 15.7. The van der Waals surface area contributed by atoms with Gasteiger partial charge in [0.05, 0.1) is 24.0 Å². The molecular weight excluding hydrogens is 254 g/mol. The van der Waals surface area contributed by atoms with E-state index in [-0.39, 0.29) is 5.97 Å². The van der Waals surface area contributed by atoms with Crippen molar-refractivity contribution in [1.29, 1.82) is 0 Å². The fourth-order valence-electron chi connectivity index (χ4n) is 1.83. The van der Waals surface area contributed by atoms with Crippen LogP contribution in [0.3, 0.4) is 0 Å². The molecule has 104 valence electrons. The lowest BCUT2D eigenvalue weighted by atomic mass is 10.1. The number of methoxy groups -OCH3 is 1. The molecule has 2 aromatic rings. The van der Waals surface area contributed by atoms with Crippen molar-refractivity contribution in [2.45, 2.75) is 6.42 Å². The number of hydrogen-bond acceptors (Lipinski definition) is 5. The van der Waals surface area contributed by atoms with Crippen LogP contribution in [0, 0.1) is 0 Å². The number of nitrogens with one attached hydrogen (secondary N) is 1. The Kier molecular flexibility index (Phi) is 4.55. The molecule has 0 unspecified atom stereocenters. The van der Waals surface area contributed by atoms with Crippen LogP contribution in [-0.4, -0.2) is 24.6 Å². The van der Waals surface area contributed by atoms with Gasteiger partial charge >= 0.3 is 5.97 Å². The Hall–Kier alpha value is -2.56. The van der Waals surface area contributed by atoms with E-state index in [1.807, 2.05) is 18.2 Å². The highest BCUT2D eigenvalue weighted by atomic mass is 16.5. The van der Waals surface area contributed by atoms with Crippen LogP contribution in [0.2, 0.25) is 0 Å². The van der Waals surface area contributed by atoms with Crippen LogP contribution in [0.1, 0.15) is 16.1 Å². The fraction of sp³-hybridized carbons (Fsp3) is 0.200. The number of hydrogen-bond donors (Lipinski definition) is 2. The van der Waals surface area contributed by atoms with Gasteiger partial charge in [-0.25, -0.2) is 4.79 Å². The number of nitrogens with zero attached hydrogens (tertiary/aromatic N) is 1. The second kappa shape index (κ2) is 6.56. The van der Waals surface area contributed by atoms with Crippen LogP contribution in [0.4, 0.5) is 11.4 Å². The number of anilines is 2. The second-order valence-electron chi connectivity index (χ2n) is 4.29. The first-order chi connectivity index (χ1) is 9.70. The standard InChI is InChI=1S/C15H17N3O2/c1-20-15(19)11-5-6-13(16)14(10-11)18-9-7-12-4-2-3-8-17-12/h2-6,8,10,18H,7,9,16H2,1H3. The van der Waals surface area contributed by atoms with E-state index < -0.39 is 0 Å². The Balaban J connectivity index is 2.00. The SMILES string of the molecule is COC(=O)c1ccc(N)c(NCCc2ccccn2)c1. The topological polar surface area (TPSA) is 77.2 Å². The number of nitrogen functional groups attached to an aromatic ring is 1. The van der Waals surface area contributed by atoms with Crippen LogP contribution in [0.15, 0.2) is 42.6 Å². The zero-order valence-corrected chi connectivity index (χ0v) is 11.3. The molecule has 0 atom stereocenters. The van der Waals surface area contributed by atoms with Gasteiger partial charge in [0.15, 0.2) is 0 Å². The number of nitrogens with two attached hydrogens (primary N) is 1. The molecule has 0 spiro atoms. The van der Waals surface area contributed by atoms with Crippen LogP contribution >= 0.6 is 0 Å². The average molecular weight is 271 g/mol. The van der Waals surface area contributed by atoms with Crippen molar-refractivity contribution in [3.05, 3.63) is 53.9 Å². The Labute approximate surface area is 117 Å². The lowest BCUT2D eigenvalue weighted by Crippen LogP contribution is -2.09. The van der Waals surface area contributed by atoms with Gasteiger partial charge in [-0.3, -0.25) is 4.98 Å². The number of aromatic nitrogens is 1. The summed E-state index contributed by atoms with van der Waals surface area (Å²) in [5.41, 5.74) is 8.68. The molecule has 0 aliphatic rings. The van der Waals surface area contributed by atoms with Crippen molar-refractivity contribution in [3.63, 3.8) is 0 Å². The van der Waals surface area contributed by atoms with Gasteiger partial charge in [-0.1, -0.05) is 6.07 Å². The summed E-state index contributed by atoms with van der Waals surface area (Å²) in [5.74, 6) is -0.377. The van der Waals surface area contributed by atoms with Gasteiger partial charge < -0.3 is 15.8 Å². The summed E-state index contributed by atoms with van der Waals surface area (Å²) in [6, 6.07) is 10.8. The van der Waals surface area contributed by atoms with E-state index in [0.717, 1.165) is 17.8 Å². The molecule has 5 heteroatoms. The lowest BCUT2D eigenvalue weighted by Gasteiger charge is -2.10. The van der Waals surface area contributed by atoms with E-state index in [1.54, 1.807) is 24.4 Å². The number of benzene rings is 1. The third-order valence-electron chi connectivity index (χ3n) is 2.90. The van der Waals surface area contributed by atoms with Crippen LogP contribution in [0.5, 0.6) is 0 Å². The normalized spacial score (nSPS) is 10.1. The molecule has 0 fully saturated rings. The average Bonchev–Trinajstić information content (AvgIpc) is 2.49.